The van der Waals surface area contributed by atoms with Gasteiger partial charge in [0.1, 0.15) is 52.1 Å². The van der Waals surface area contributed by atoms with Crippen LogP contribution < -0.4 is 0 Å². The molecule has 2 aromatic rings. The van der Waals surface area contributed by atoms with E-state index in [0.29, 0.717) is 19.3 Å². The molecule has 0 aromatic heterocycles. The van der Waals surface area contributed by atoms with Crippen molar-refractivity contribution in [2.45, 2.75) is 114 Å². The van der Waals surface area contributed by atoms with E-state index in [-0.39, 0.29) is 88.5 Å². The maximum absolute atomic E-state index is 12.6. The number of halogens is 2. The number of phenolic OH excluding ortho intramolecular Hbond substituents is 4. The standard InChI is InChI=1S/C19H23ClO7.C18H21ClO7/c1-9-5-16-15(27-16)4-3-11(25-2)6-10(21)7-12-17(19(24)26-9)13(22)8-14(23)18(12)20;1-9-6-13(22)12(21)5-3-2-4-10(20)7-11-16(18(25)26-9)14(23)8-15(24)17(11)19/h8-9,11,15-16,22-23H,3-7H2,1-2H3;2,4,8-9,12-13,21-24H,3,5-7H2,1H3/b;4-2+/t9-,11?,15?,16?;9-,12?,13?/m11/s1. The van der Waals surface area contributed by atoms with E-state index in [2.05, 4.69) is 0 Å². The fourth-order valence-corrected chi connectivity index (χ4v) is 6.72. The van der Waals surface area contributed by atoms with Gasteiger partial charge in [-0.05, 0) is 45.6 Å². The predicted molar refractivity (Wildman–Crippen MR) is 190 cm³/mol. The molecule has 0 amide bonds. The molecule has 3 aliphatic heterocycles. The van der Waals surface area contributed by atoms with Gasteiger partial charge in [0.25, 0.3) is 0 Å². The Morgan fingerprint density at radius 1 is 0.717 bits per heavy atom. The summed E-state index contributed by atoms with van der Waals surface area (Å²) < 4.78 is 21.6. The van der Waals surface area contributed by atoms with Gasteiger partial charge >= 0.3 is 11.9 Å². The average molecular weight is 784 g/mol. The van der Waals surface area contributed by atoms with Crippen LogP contribution in [0.3, 0.4) is 0 Å². The number of ether oxygens (including phenoxy) is 4. The summed E-state index contributed by atoms with van der Waals surface area (Å²) in [7, 11) is 1.55. The van der Waals surface area contributed by atoms with Crippen molar-refractivity contribution >= 4 is 46.7 Å². The molecule has 0 radical (unpaired) electrons. The molecule has 0 aliphatic carbocycles. The Bertz CT molecular complexity index is 1730. The van der Waals surface area contributed by atoms with E-state index in [1.807, 2.05) is 0 Å². The lowest BCUT2D eigenvalue weighted by Gasteiger charge is -2.22. The van der Waals surface area contributed by atoms with Gasteiger partial charge in [-0.25, -0.2) is 9.59 Å². The third-order valence-corrected chi connectivity index (χ3v) is 10.00. The summed E-state index contributed by atoms with van der Waals surface area (Å²) in [5, 5.41) is 59.5. The number of aliphatic hydroxyl groups is 2. The van der Waals surface area contributed by atoms with Crippen LogP contribution in [0.5, 0.6) is 23.0 Å². The van der Waals surface area contributed by atoms with Crippen molar-refractivity contribution in [1.29, 1.82) is 0 Å². The Hall–Kier alpha value is -3.92. The summed E-state index contributed by atoms with van der Waals surface area (Å²) in [6.45, 7) is 3.27. The van der Waals surface area contributed by atoms with E-state index in [1.54, 1.807) is 20.1 Å². The number of fused-ring (bicyclic) bond motifs is 3. The topological polar surface area (TPSA) is 230 Å². The number of hydrogen-bond acceptors (Lipinski definition) is 14. The van der Waals surface area contributed by atoms with Gasteiger partial charge in [-0.3, -0.25) is 9.59 Å². The fraction of sp³-hybridized carbons (Fsp3) is 0.514. The van der Waals surface area contributed by atoms with Crippen molar-refractivity contribution < 1.29 is 68.8 Å². The Morgan fingerprint density at radius 2 is 1.26 bits per heavy atom. The molecular weight excluding hydrogens is 739 g/mol. The molecule has 14 nitrogen and oxygen atoms in total. The highest BCUT2D eigenvalue weighted by Gasteiger charge is 2.41. The molecule has 0 saturated carbocycles. The fourth-order valence-electron chi connectivity index (χ4n) is 6.28. The van der Waals surface area contributed by atoms with Crippen LogP contribution >= 0.6 is 23.2 Å². The van der Waals surface area contributed by atoms with Crippen molar-refractivity contribution in [3.8, 4) is 23.0 Å². The third kappa shape index (κ3) is 11.1. The number of aliphatic hydroxyl groups excluding tert-OH is 2. The molecule has 53 heavy (non-hydrogen) atoms. The minimum atomic E-state index is -1.11. The predicted octanol–water partition coefficient (Wildman–Crippen LogP) is 4.63. The zero-order chi connectivity index (χ0) is 39.1. The number of Topliss-reactive ketones (excluding diaryl/α,β-unsaturated/α-hetero) is 1. The summed E-state index contributed by atoms with van der Waals surface area (Å²) in [6, 6.07) is 1.87. The molecule has 6 N–H and O–H groups in total. The normalized spacial score (nSPS) is 27.9. The van der Waals surface area contributed by atoms with Crippen LogP contribution in [0.2, 0.25) is 10.0 Å². The maximum atomic E-state index is 12.6. The monoisotopic (exact) mass is 782 g/mol. The van der Waals surface area contributed by atoms with E-state index < -0.39 is 65.1 Å². The van der Waals surface area contributed by atoms with Crippen LogP contribution in [0.4, 0.5) is 0 Å². The molecule has 3 heterocycles. The van der Waals surface area contributed by atoms with Crippen molar-refractivity contribution in [2.75, 3.05) is 7.11 Å². The number of cyclic esters (lactones) is 2. The number of epoxide rings is 1. The van der Waals surface area contributed by atoms with Crippen molar-refractivity contribution in [3.05, 3.63) is 56.6 Å². The first-order valence-electron chi connectivity index (χ1n) is 17.1. The van der Waals surface area contributed by atoms with Gasteiger partial charge in [0.05, 0.1) is 40.6 Å². The largest absolute Gasteiger partial charge is 0.507 e. The van der Waals surface area contributed by atoms with Gasteiger partial charge in [0.2, 0.25) is 0 Å². The summed E-state index contributed by atoms with van der Waals surface area (Å²) in [5.41, 5.74) is -0.483. The van der Waals surface area contributed by atoms with Crippen LogP contribution in [0, 0.1) is 0 Å². The minimum absolute atomic E-state index is 0.000390. The van der Waals surface area contributed by atoms with Gasteiger partial charge in [0, 0.05) is 62.5 Å². The van der Waals surface area contributed by atoms with Gasteiger partial charge in [-0.1, -0.05) is 29.3 Å². The van der Waals surface area contributed by atoms with Crippen molar-refractivity contribution in [1.82, 2.24) is 0 Å². The van der Waals surface area contributed by atoms with Crippen LogP contribution in [0.15, 0.2) is 24.3 Å². The summed E-state index contributed by atoms with van der Waals surface area (Å²) >= 11 is 12.2. The second kappa shape index (κ2) is 18.4. The molecule has 7 atom stereocenters. The van der Waals surface area contributed by atoms with E-state index in [0.717, 1.165) is 18.6 Å². The molecule has 1 fully saturated rings. The molecule has 5 rings (SSSR count). The van der Waals surface area contributed by atoms with E-state index in [4.69, 9.17) is 42.1 Å². The lowest BCUT2D eigenvalue weighted by Crippen LogP contribution is -2.31. The number of benzene rings is 2. The molecule has 290 valence electrons. The highest BCUT2D eigenvalue weighted by Crippen LogP contribution is 2.39. The molecule has 1 saturated heterocycles. The maximum Gasteiger partial charge on any atom is 0.342 e. The Kier molecular flexibility index (Phi) is 14.5. The van der Waals surface area contributed by atoms with Gasteiger partial charge in [-0.15, -0.1) is 0 Å². The van der Waals surface area contributed by atoms with E-state index in [9.17, 15) is 49.8 Å². The number of ketones is 2. The molecule has 16 heteroatoms. The SMILES string of the molecule is COC1CCC2OC2C[C@@H](C)OC(=O)c2c(O)cc(O)c(Cl)c2CC(=O)C1.C[C@@H]1CC(O)C(O)CC/C=C/C(=O)Cc2c(Cl)c(O)cc(O)c2C(=O)O1. The summed E-state index contributed by atoms with van der Waals surface area (Å²) in [4.78, 5) is 49.8. The van der Waals surface area contributed by atoms with E-state index in [1.165, 1.54) is 13.0 Å². The van der Waals surface area contributed by atoms with Gasteiger partial charge in [0.15, 0.2) is 5.78 Å². The average Bonchev–Trinajstić information content (AvgIpc) is 3.82. The first-order valence-corrected chi connectivity index (χ1v) is 17.9. The second-order valence-electron chi connectivity index (χ2n) is 13.4. The highest BCUT2D eigenvalue weighted by molar-refractivity contribution is 6.34. The third-order valence-electron chi connectivity index (χ3n) is 9.16. The Morgan fingerprint density at radius 3 is 1.83 bits per heavy atom. The zero-order valence-corrected chi connectivity index (χ0v) is 30.9. The molecule has 2 aromatic carbocycles. The van der Waals surface area contributed by atoms with E-state index >= 15 is 0 Å². The molecule has 5 unspecified atom stereocenters. The second-order valence-corrected chi connectivity index (χ2v) is 14.1. The highest BCUT2D eigenvalue weighted by atomic mass is 35.5. The Balaban J connectivity index is 0.000000237. The smallest absolute Gasteiger partial charge is 0.342 e. The number of rotatable bonds is 1. The lowest BCUT2D eigenvalue weighted by atomic mass is 9.96. The number of carbonyl (C=O) groups is 4. The van der Waals surface area contributed by atoms with Gasteiger partial charge < -0.3 is 49.6 Å². The molecule has 3 aliphatic rings. The van der Waals surface area contributed by atoms with Crippen LogP contribution in [0.1, 0.15) is 90.6 Å². The molecular formula is C37H44Cl2O14. The van der Waals surface area contributed by atoms with Crippen molar-refractivity contribution in [2.24, 2.45) is 0 Å². The van der Waals surface area contributed by atoms with Gasteiger partial charge in [-0.2, -0.15) is 0 Å². The van der Waals surface area contributed by atoms with Crippen LogP contribution in [-0.2, 0) is 41.4 Å². The van der Waals surface area contributed by atoms with Crippen LogP contribution in [0.25, 0.3) is 0 Å². The minimum Gasteiger partial charge on any atom is -0.507 e. The van der Waals surface area contributed by atoms with Crippen molar-refractivity contribution in [3.63, 3.8) is 0 Å². The quantitative estimate of drug-likeness (QED) is 0.171. The molecule has 0 spiro atoms. The Labute approximate surface area is 315 Å². The number of esters is 2. The number of carbonyl (C=O) groups excluding carboxylic acids is 4. The first-order chi connectivity index (χ1) is 25.0. The first kappa shape index (κ1) is 41.8. The summed E-state index contributed by atoms with van der Waals surface area (Å²) in [5.74, 6) is -4.27. The zero-order valence-electron chi connectivity index (χ0n) is 29.4. The van der Waals surface area contributed by atoms with Crippen LogP contribution in [-0.4, -0.2) is 104 Å². The number of aromatic hydroxyl groups is 4. The number of phenols is 4. The number of allylic oxidation sites excluding steroid dienone is 2. The number of hydrogen-bond donors (Lipinski definition) is 6. The summed E-state index contributed by atoms with van der Waals surface area (Å²) in [6.07, 6.45) is 1.44. The molecule has 0 bridgehead atoms. The lowest BCUT2D eigenvalue weighted by molar-refractivity contribution is -0.121. The number of methoxy groups -OCH3 is 1.